The summed E-state index contributed by atoms with van der Waals surface area (Å²) >= 11 is 0. The predicted octanol–water partition coefficient (Wildman–Crippen LogP) is 2.35. The number of nitrogen functional groups attached to an aromatic ring is 1. The quantitative estimate of drug-likeness (QED) is 0.822. The molecule has 0 bridgehead atoms. The van der Waals surface area contributed by atoms with Crippen molar-refractivity contribution >= 4 is 5.69 Å². The van der Waals surface area contributed by atoms with Crippen molar-refractivity contribution in [3.8, 4) is 22.6 Å². The molecule has 0 saturated carbocycles. The van der Waals surface area contributed by atoms with E-state index >= 15 is 0 Å². The van der Waals surface area contributed by atoms with Gasteiger partial charge in [-0.25, -0.2) is 0 Å². The number of ether oxygens (including phenoxy) is 2. The molecule has 4 nitrogen and oxygen atoms in total. The van der Waals surface area contributed by atoms with Gasteiger partial charge in [-0.1, -0.05) is 0 Å². The molecular formula is C13H14N2O2. The van der Waals surface area contributed by atoms with Crippen molar-refractivity contribution in [2.75, 3.05) is 20.0 Å². The van der Waals surface area contributed by atoms with Crippen molar-refractivity contribution in [1.29, 1.82) is 0 Å². The zero-order valence-electron chi connectivity index (χ0n) is 9.81. The summed E-state index contributed by atoms with van der Waals surface area (Å²) in [5, 5.41) is 0. The van der Waals surface area contributed by atoms with Gasteiger partial charge in [0.2, 0.25) is 0 Å². The molecule has 0 aliphatic carbocycles. The second-order valence-corrected chi connectivity index (χ2v) is 3.57. The summed E-state index contributed by atoms with van der Waals surface area (Å²) in [5.74, 6) is 1.43. The highest BCUT2D eigenvalue weighted by molar-refractivity contribution is 5.73. The Bertz CT molecular complexity index is 527. The Morgan fingerprint density at radius 2 is 1.88 bits per heavy atom. The molecular weight excluding hydrogens is 216 g/mol. The van der Waals surface area contributed by atoms with Crippen LogP contribution in [0.3, 0.4) is 0 Å². The Labute approximate surface area is 100 Å². The predicted molar refractivity (Wildman–Crippen MR) is 67.2 cm³/mol. The third-order valence-electron chi connectivity index (χ3n) is 2.49. The normalized spacial score (nSPS) is 10.0. The first kappa shape index (κ1) is 11.3. The molecule has 1 heterocycles. The lowest BCUT2D eigenvalue weighted by Gasteiger charge is -2.10. The van der Waals surface area contributed by atoms with Crippen molar-refractivity contribution in [2.24, 2.45) is 0 Å². The van der Waals surface area contributed by atoms with E-state index in [9.17, 15) is 0 Å². The van der Waals surface area contributed by atoms with Crippen LogP contribution in [0.25, 0.3) is 11.1 Å². The lowest BCUT2D eigenvalue weighted by atomic mass is 10.1. The van der Waals surface area contributed by atoms with Crippen LogP contribution in [0.5, 0.6) is 11.5 Å². The third-order valence-corrected chi connectivity index (χ3v) is 2.49. The van der Waals surface area contributed by atoms with Gasteiger partial charge in [-0.2, -0.15) is 0 Å². The van der Waals surface area contributed by atoms with Gasteiger partial charge in [0.25, 0.3) is 0 Å². The zero-order chi connectivity index (χ0) is 12.3. The Balaban J connectivity index is 2.51. The van der Waals surface area contributed by atoms with Gasteiger partial charge in [-0.05, 0) is 18.2 Å². The molecule has 0 aliphatic heterocycles. The average Bonchev–Trinajstić information content (AvgIpc) is 2.38. The smallest absolute Gasteiger partial charge is 0.137 e. The van der Waals surface area contributed by atoms with E-state index in [1.807, 2.05) is 18.2 Å². The number of anilines is 1. The van der Waals surface area contributed by atoms with Crippen molar-refractivity contribution in [3.05, 3.63) is 36.7 Å². The number of hydrogen-bond donors (Lipinski definition) is 1. The maximum Gasteiger partial charge on any atom is 0.137 e. The molecule has 2 N–H and O–H groups in total. The van der Waals surface area contributed by atoms with Crippen LogP contribution in [0.2, 0.25) is 0 Å². The van der Waals surface area contributed by atoms with Crippen LogP contribution >= 0.6 is 0 Å². The third kappa shape index (κ3) is 2.30. The highest BCUT2D eigenvalue weighted by Gasteiger charge is 2.07. The Morgan fingerprint density at radius 3 is 2.59 bits per heavy atom. The maximum atomic E-state index is 5.72. The first-order valence-corrected chi connectivity index (χ1v) is 5.17. The molecule has 0 aliphatic rings. The zero-order valence-corrected chi connectivity index (χ0v) is 9.81. The molecule has 0 spiro atoms. The number of aromatic nitrogens is 1. The van der Waals surface area contributed by atoms with Crippen molar-refractivity contribution in [2.45, 2.75) is 0 Å². The number of methoxy groups -OCH3 is 2. The van der Waals surface area contributed by atoms with Gasteiger partial charge >= 0.3 is 0 Å². The number of pyridine rings is 1. The van der Waals surface area contributed by atoms with E-state index < -0.39 is 0 Å². The summed E-state index contributed by atoms with van der Waals surface area (Å²) in [4.78, 5) is 4.12. The van der Waals surface area contributed by atoms with Crippen LogP contribution in [-0.2, 0) is 0 Å². The summed E-state index contributed by atoms with van der Waals surface area (Å²) in [6, 6.07) is 7.43. The number of nitrogens with zero attached hydrogens (tertiary/aromatic N) is 1. The van der Waals surface area contributed by atoms with Gasteiger partial charge in [-0.15, -0.1) is 0 Å². The topological polar surface area (TPSA) is 57.4 Å². The molecule has 2 rings (SSSR count). The van der Waals surface area contributed by atoms with E-state index in [2.05, 4.69) is 4.98 Å². The van der Waals surface area contributed by atoms with Crippen LogP contribution in [0, 0.1) is 0 Å². The molecule has 1 aromatic heterocycles. The van der Waals surface area contributed by atoms with Gasteiger partial charge in [0.15, 0.2) is 0 Å². The molecule has 4 heteroatoms. The minimum absolute atomic E-state index is 0.668. The van der Waals surface area contributed by atoms with Crippen LogP contribution in [0.4, 0.5) is 5.69 Å². The Hall–Kier alpha value is -2.23. The van der Waals surface area contributed by atoms with Crippen LogP contribution in [0.1, 0.15) is 0 Å². The van der Waals surface area contributed by atoms with Gasteiger partial charge in [0, 0.05) is 29.1 Å². The molecule has 0 fully saturated rings. The number of benzene rings is 1. The highest BCUT2D eigenvalue weighted by atomic mass is 16.5. The van der Waals surface area contributed by atoms with E-state index in [0.29, 0.717) is 11.4 Å². The SMILES string of the molecule is COc1cncc(-c2ccc(N)cc2OC)c1. The van der Waals surface area contributed by atoms with E-state index in [-0.39, 0.29) is 0 Å². The fourth-order valence-corrected chi connectivity index (χ4v) is 1.62. The summed E-state index contributed by atoms with van der Waals surface area (Å²) in [5.41, 5.74) is 8.25. The van der Waals surface area contributed by atoms with E-state index in [1.165, 1.54) is 0 Å². The fourth-order valence-electron chi connectivity index (χ4n) is 1.62. The van der Waals surface area contributed by atoms with Crippen LogP contribution in [-0.4, -0.2) is 19.2 Å². The van der Waals surface area contributed by atoms with Gasteiger partial charge in [-0.3, -0.25) is 4.98 Å². The minimum Gasteiger partial charge on any atom is -0.496 e. The molecule has 2 aromatic rings. The first-order chi connectivity index (χ1) is 8.24. The Kier molecular flexibility index (Phi) is 3.14. The molecule has 17 heavy (non-hydrogen) atoms. The molecule has 0 unspecified atom stereocenters. The van der Waals surface area contributed by atoms with E-state index in [0.717, 1.165) is 16.9 Å². The maximum absolute atomic E-state index is 5.72. The summed E-state index contributed by atoms with van der Waals surface area (Å²) < 4.78 is 10.5. The highest BCUT2D eigenvalue weighted by Crippen LogP contribution is 2.32. The second-order valence-electron chi connectivity index (χ2n) is 3.57. The molecule has 1 aromatic carbocycles. The Morgan fingerprint density at radius 1 is 1.06 bits per heavy atom. The number of nitrogens with two attached hydrogens (primary N) is 1. The molecule has 0 atom stereocenters. The van der Waals surface area contributed by atoms with Gasteiger partial charge in [0.1, 0.15) is 11.5 Å². The van der Waals surface area contributed by atoms with Gasteiger partial charge in [0.05, 0.1) is 20.4 Å². The van der Waals surface area contributed by atoms with Crippen LogP contribution in [0.15, 0.2) is 36.7 Å². The average molecular weight is 230 g/mol. The van der Waals surface area contributed by atoms with Crippen molar-refractivity contribution in [3.63, 3.8) is 0 Å². The van der Waals surface area contributed by atoms with Gasteiger partial charge < -0.3 is 15.2 Å². The lowest BCUT2D eigenvalue weighted by Crippen LogP contribution is -1.92. The monoisotopic (exact) mass is 230 g/mol. The molecule has 0 saturated heterocycles. The summed E-state index contributed by atoms with van der Waals surface area (Å²) in [6.07, 6.45) is 3.42. The van der Waals surface area contributed by atoms with E-state index in [4.69, 9.17) is 15.2 Å². The largest absolute Gasteiger partial charge is 0.496 e. The van der Waals surface area contributed by atoms with Crippen LogP contribution < -0.4 is 15.2 Å². The van der Waals surface area contributed by atoms with E-state index in [1.54, 1.807) is 32.7 Å². The molecule has 0 amide bonds. The summed E-state index contributed by atoms with van der Waals surface area (Å²) in [6.45, 7) is 0. The number of rotatable bonds is 3. The van der Waals surface area contributed by atoms with Crippen molar-refractivity contribution < 1.29 is 9.47 Å². The first-order valence-electron chi connectivity index (χ1n) is 5.17. The number of hydrogen-bond acceptors (Lipinski definition) is 4. The summed E-state index contributed by atoms with van der Waals surface area (Å²) in [7, 11) is 3.23. The molecule has 88 valence electrons. The lowest BCUT2D eigenvalue weighted by molar-refractivity contribution is 0.412. The van der Waals surface area contributed by atoms with Crippen molar-refractivity contribution in [1.82, 2.24) is 4.98 Å². The fraction of sp³-hybridized carbons (Fsp3) is 0.154. The standard InChI is InChI=1S/C13H14N2O2/c1-16-11-5-9(7-15-8-11)12-4-3-10(14)6-13(12)17-2/h3-8H,14H2,1-2H3. The second kappa shape index (κ2) is 4.74. The molecule has 0 radical (unpaired) electrons. The minimum atomic E-state index is 0.668.